The van der Waals surface area contributed by atoms with E-state index in [1.54, 1.807) is 0 Å². The van der Waals surface area contributed by atoms with Crippen LogP contribution in [-0.2, 0) is 6.42 Å². The lowest BCUT2D eigenvalue weighted by Crippen LogP contribution is -2.14. The lowest BCUT2D eigenvalue weighted by Gasteiger charge is -2.14. The summed E-state index contributed by atoms with van der Waals surface area (Å²) in [6, 6.07) is 10.8. The molecule has 0 saturated carbocycles. The molecule has 0 radical (unpaired) electrons. The van der Waals surface area contributed by atoms with Crippen LogP contribution >= 0.6 is 15.9 Å². The first-order chi connectivity index (χ1) is 8.58. The lowest BCUT2D eigenvalue weighted by molar-refractivity contribution is 0.563. The minimum absolute atomic E-state index is 0.328. The first kappa shape index (κ1) is 13.2. The third-order valence-corrected chi connectivity index (χ3v) is 3.48. The quantitative estimate of drug-likeness (QED) is 0.912. The van der Waals surface area contributed by atoms with Crippen molar-refractivity contribution in [2.45, 2.75) is 12.5 Å². The van der Waals surface area contributed by atoms with Gasteiger partial charge in [-0.25, -0.2) is 8.78 Å². The SMILES string of the molecule is NC(Cc1ccc(F)cc1F)c1ccccc1Br. The van der Waals surface area contributed by atoms with Gasteiger partial charge in [0.2, 0.25) is 0 Å². The molecule has 1 nitrogen and oxygen atoms in total. The summed E-state index contributed by atoms with van der Waals surface area (Å²) in [5.74, 6) is -1.14. The summed E-state index contributed by atoms with van der Waals surface area (Å²) >= 11 is 3.41. The number of hydrogen-bond acceptors (Lipinski definition) is 1. The predicted molar refractivity (Wildman–Crippen MR) is 71.1 cm³/mol. The number of hydrogen-bond donors (Lipinski definition) is 1. The molecule has 94 valence electrons. The van der Waals surface area contributed by atoms with Gasteiger partial charge in [0.05, 0.1) is 0 Å². The van der Waals surface area contributed by atoms with Crippen LogP contribution in [0.15, 0.2) is 46.9 Å². The van der Waals surface area contributed by atoms with Crippen molar-refractivity contribution in [2.24, 2.45) is 5.73 Å². The van der Waals surface area contributed by atoms with E-state index in [1.807, 2.05) is 24.3 Å². The van der Waals surface area contributed by atoms with Crippen molar-refractivity contribution in [3.63, 3.8) is 0 Å². The van der Waals surface area contributed by atoms with E-state index in [-0.39, 0.29) is 6.04 Å². The lowest BCUT2D eigenvalue weighted by atomic mass is 9.99. The molecule has 0 aromatic heterocycles. The molecule has 2 aromatic rings. The molecular formula is C14H12BrF2N. The van der Waals surface area contributed by atoms with E-state index >= 15 is 0 Å². The zero-order chi connectivity index (χ0) is 13.1. The van der Waals surface area contributed by atoms with E-state index in [0.717, 1.165) is 16.1 Å². The van der Waals surface area contributed by atoms with E-state index in [2.05, 4.69) is 15.9 Å². The van der Waals surface area contributed by atoms with Gasteiger partial charge in [0.15, 0.2) is 0 Å². The number of rotatable bonds is 3. The highest BCUT2D eigenvalue weighted by molar-refractivity contribution is 9.10. The second-order valence-electron chi connectivity index (χ2n) is 4.07. The minimum Gasteiger partial charge on any atom is -0.324 e. The van der Waals surface area contributed by atoms with Gasteiger partial charge in [0, 0.05) is 16.6 Å². The first-order valence-electron chi connectivity index (χ1n) is 5.52. The fourth-order valence-electron chi connectivity index (χ4n) is 1.81. The Morgan fingerprint density at radius 1 is 1.11 bits per heavy atom. The molecule has 0 bridgehead atoms. The molecule has 0 saturated heterocycles. The van der Waals surface area contributed by atoms with Crippen LogP contribution in [0, 0.1) is 11.6 Å². The maximum Gasteiger partial charge on any atom is 0.129 e. The van der Waals surface area contributed by atoms with Gasteiger partial charge >= 0.3 is 0 Å². The molecular weight excluding hydrogens is 300 g/mol. The molecule has 0 spiro atoms. The van der Waals surface area contributed by atoms with Crippen LogP contribution in [0.3, 0.4) is 0 Å². The zero-order valence-electron chi connectivity index (χ0n) is 9.54. The van der Waals surface area contributed by atoms with Gasteiger partial charge in [-0.2, -0.15) is 0 Å². The first-order valence-corrected chi connectivity index (χ1v) is 6.31. The largest absolute Gasteiger partial charge is 0.324 e. The van der Waals surface area contributed by atoms with E-state index in [0.29, 0.717) is 12.0 Å². The fourth-order valence-corrected chi connectivity index (χ4v) is 2.39. The van der Waals surface area contributed by atoms with E-state index in [4.69, 9.17) is 5.73 Å². The maximum atomic E-state index is 13.5. The van der Waals surface area contributed by atoms with Crippen molar-refractivity contribution >= 4 is 15.9 Å². The molecule has 0 heterocycles. The summed E-state index contributed by atoms with van der Waals surface area (Å²) in [6.45, 7) is 0. The molecule has 0 aliphatic rings. The van der Waals surface area contributed by atoms with Gasteiger partial charge in [-0.3, -0.25) is 0 Å². The van der Waals surface area contributed by atoms with Gasteiger partial charge in [-0.15, -0.1) is 0 Å². The summed E-state index contributed by atoms with van der Waals surface area (Å²) < 4.78 is 27.2. The smallest absolute Gasteiger partial charge is 0.129 e. The average molecular weight is 312 g/mol. The Hall–Kier alpha value is -1.26. The zero-order valence-corrected chi connectivity index (χ0v) is 11.1. The average Bonchev–Trinajstić information content (AvgIpc) is 2.33. The van der Waals surface area contributed by atoms with Gasteiger partial charge < -0.3 is 5.73 Å². The van der Waals surface area contributed by atoms with Crippen molar-refractivity contribution in [2.75, 3.05) is 0 Å². The number of benzene rings is 2. The van der Waals surface area contributed by atoms with Gasteiger partial charge in [-0.1, -0.05) is 40.2 Å². The van der Waals surface area contributed by atoms with Crippen LogP contribution in [-0.4, -0.2) is 0 Å². The van der Waals surface area contributed by atoms with Crippen molar-refractivity contribution in [3.8, 4) is 0 Å². The second-order valence-corrected chi connectivity index (χ2v) is 4.92. The highest BCUT2D eigenvalue weighted by atomic mass is 79.9. The molecule has 2 N–H and O–H groups in total. The Morgan fingerprint density at radius 2 is 1.83 bits per heavy atom. The van der Waals surface area contributed by atoms with Crippen LogP contribution in [0.25, 0.3) is 0 Å². The van der Waals surface area contributed by atoms with Crippen LogP contribution < -0.4 is 5.73 Å². The molecule has 0 aliphatic heterocycles. The molecule has 0 amide bonds. The minimum atomic E-state index is -0.578. The summed E-state index contributed by atoms with van der Waals surface area (Å²) in [5.41, 5.74) is 7.36. The van der Waals surface area contributed by atoms with Crippen molar-refractivity contribution in [1.82, 2.24) is 0 Å². The molecule has 2 rings (SSSR count). The van der Waals surface area contributed by atoms with Gasteiger partial charge in [0.1, 0.15) is 11.6 Å². The van der Waals surface area contributed by atoms with Crippen LogP contribution in [0.1, 0.15) is 17.2 Å². The molecule has 2 aromatic carbocycles. The Labute approximate surface area is 113 Å². The van der Waals surface area contributed by atoms with E-state index < -0.39 is 11.6 Å². The predicted octanol–water partition coefficient (Wildman–Crippen LogP) is 3.97. The Kier molecular flexibility index (Phi) is 4.09. The second kappa shape index (κ2) is 5.59. The molecule has 1 atom stereocenters. The van der Waals surface area contributed by atoms with E-state index in [9.17, 15) is 8.78 Å². The molecule has 18 heavy (non-hydrogen) atoms. The molecule has 1 unspecified atom stereocenters. The highest BCUT2D eigenvalue weighted by Crippen LogP contribution is 2.25. The third-order valence-electron chi connectivity index (χ3n) is 2.76. The summed E-state index contributed by atoms with van der Waals surface area (Å²) in [4.78, 5) is 0. The van der Waals surface area contributed by atoms with Crippen molar-refractivity contribution in [3.05, 3.63) is 69.7 Å². The summed E-state index contributed by atoms with van der Waals surface area (Å²) in [5, 5.41) is 0. The van der Waals surface area contributed by atoms with Crippen molar-refractivity contribution < 1.29 is 8.78 Å². The molecule has 0 fully saturated rings. The van der Waals surface area contributed by atoms with Crippen LogP contribution in [0.5, 0.6) is 0 Å². The van der Waals surface area contributed by atoms with E-state index in [1.165, 1.54) is 12.1 Å². The highest BCUT2D eigenvalue weighted by Gasteiger charge is 2.13. The van der Waals surface area contributed by atoms with Gasteiger partial charge in [-0.05, 0) is 29.7 Å². The topological polar surface area (TPSA) is 26.0 Å². The summed E-state index contributed by atoms with van der Waals surface area (Å²) in [6.07, 6.45) is 0.328. The Bertz CT molecular complexity index is 557. The van der Waals surface area contributed by atoms with Gasteiger partial charge in [0.25, 0.3) is 0 Å². The third kappa shape index (κ3) is 2.94. The fraction of sp³-hybridized carbons (Fsp3) is 0.143. The maximum absolute atomic E-state index is 13.5. The molecule has 4 heteroatoms. The normalized spacial score (nSPS) is 12.4. The standard InChI is InChI=1S/C14H12BrF2N/c15-12-4-2-1-3-11(12)14(18)7-9-5-6-10(16)8-13(9)17/h1-6,8,14H,7,18H2. The Balaban J connectivity index is 2.21. The molecule has 0 aliphatic carbocycles. The van der Waals surface area contributed by atoms with Crippen LogP contribution in [0.4, 0.5) is 8.78 Å². The number of halogens is 3. The Morgan fingerprint density at radius 3 is 2.50 bits per heavy atom. The monoisotopic (exact) mass is 311 g/mol. The van der Waals surface area contributed by atoms with Crippen LogP contribution in [0.2, 0.25) is 0 Å². The number of nitrogens with two attached hydrogens (primary N) is 1. The summed E-state index contributed by atoms with van der Waals surface area (Å²) in [7, 11) is 0. The van der Waals surface area contributed by atoms with Crippen molar-refractivity contribution in [1.29, 1.82) is 0 Å².